The first-order valence-electron chi connectivity index (χ1n) is 13.8. The molecule has 0 aliphatic carbocycles. The van der Waals surface area contributed by atoms with Crippen molar-refractivity contribution in [3.63, 3.8) is 0 Å². The average molecular weight is 489 g/mol. The molecular formula is C28H56O6. The molecule has 0 rings (SSSR count). The van der Waals surface area contributed by atoms with E-state index in [1.54, 1.807) is 0 Å². The molecule has 0 saturated carbocycles. The second kappa shape index (κ2) is 36.2. The fourth-order valence-electron chi connectivity index (χ4n) is 3.34. The second-order valence-corrected chi connectivity index (χ2v) is 8.82. The van der Waals surface area contributed by atoms with E-state index in [-0.39, 0.29) is 0 Å². The Hall–Kier alpha value is -1.40. The van der Waals surface area contributed by atoms with Crippen LogP contribution in [0.15, 0.2) is 12.2 Å². The van der Waals surface area contributed by atoms with Gasteiger partial charge in [0.25, 0.3) is 0 Å². The molecule has 0 saturated heterocycles. The molecule has 0 heterocycles. The number of rotatable bonds is 22. The molecule has 204 valence electrons. The molecule has 0 atom stereocenters. The lowest BCUT2D eigenvalue weighted by atomic mass is 10.1. The van der Waals surface area contributed by atoms with Gasteiger partial charge in [-0.25, -0.2) is 9.59 Å². The van der Waals surface area contributed by atoms with Crippen molar-refractivity contribution in [2.45, 2.75) is 142 Å². The maximum atomic E-state index is 9.55. The summed E-state index contributed by atoms with van der Waals surface area (Å²) in [6.45, 7) is 5.26. The van der Waals surface area contributed by atoms with Crippen LogP contribution in [-0.2, 0) is 9.59 Å². The van der Waals surface area contributed by atoms with E-state index in [1.165, 1.54) is 116 Å². The van der Waals surface area contributed by atoms with Gasteiger partial charge in [-0.1, -0.05) is 129 Å². The van der Waals surface area contributed by atoms with Crippen molar-refractivity contribution < 1.29 is 30.0 Å². The van der Waals surface area contributed by atoms with Crippen molar-refractivity contribution in [3.8, 4) is 0 Å². The van der Waals surface area contributed by atoms with Crippen LogP contribution in [0.25, 0.3) is 0 Å². The number of carbonyl (C=O) groups is 2. The standard InChI is InChI=1S/2C12H26O.C4H4O4/c2*1-2-3-4-5-6-7-8-9-10-11-12-13;5-3(6)1-2-4(7)8/h2*13H,2-12H2,1H3;1-2H,(H,5,6)(H,7,8)/b;;2-1-. The van der Waals surface area contributed by atoms with Crippen LogP contribution in [0.1, 0.15) is 142 Å². The van der Waals surface area contributed by atoms with Crippen molar-refractivity contribution >= 4 is 11.9 Å². The van der Waals surface area contributed by atoms with Gasteiger partial charge in [0, 0.05) is 25.4 Å². The normalized spacial score (nSPS) is 10.4. The number of aliphatic carboxylic acids is 2. The van der Waals surface area contributed by atoms with Gasteiger partial charge in [0.1, 0.15) is 0 Å². The Balaban J connectivity index is -0.000000438. The molecule has 0 aromatic heterocycles. The lowest BCUT2D eigenvalue weighted by Gasteiger charge is -2.00. The van der Waals surface area contributed by atoms with Crippen molar-refractivity contribution in [1.82, 2.24) is 0 Å². The van der Waals surface area contributed by atoms with Gasteiger partial charge in [0.15, 0.2) is 0 Å². The monoisotopic (exact) mass is 488 g/mol. The van der Waals surface area contributed by atoms with Crippen LogP contribution in [0, 0.1) is 0 Å². The summed E-state index contributed by atoms with van der Waals surface area (Å²) in [6, 6.07) is 0. The Morgan fingerprint density at radius 3 is 0.824 bits per heavy atom. The third kappa shape index (κ3) is 48.1. The van der Waals surface area contributed by atoms with Crippen LogP contribution < -0.4 is 0 Å². The molecule has 6 heteroatoms. The number of unbranched alkanes of at least 4 members (excludes halogenated alkanes) is 18. The molecular weight excluding hydrogens is 432 g/mol. The number of hydrogen-bond donors (Lipinski definition) is 4. The number of carboxylic acid groups (broad SMARTS) is 2. The van der Waals surface area contributed by atoms with Crippen molar-refractivity contribution in [1.29, 1.82) is 0 Å². The highest BCUT2D eigenvalue weighted by molar-refractivity contribution is 5.89. The minimum absolute atomic E-state index is 0.372. The van der Waals surface area contributed by atoms with Crippen LogP contribution in [0.2, 0.25) is 0 Å². The third-order valence-electron chi connectivity index (χ3n) is 5.39. The first kappa shape index (κ1) is 37.2. The third-order valence-corrected chi connectivity index (χ3v) is 5.39. The first-order valence-corrected chi connectivity index (χ1v) is 13.8. The lowest BCUT2D eigenvalue weighted by Crippen LogP contribution is -1.91. The van der Waals surface area contributed by atoms with E-state index in [0.717, 1.165) is 12.8 Å². The smallest absolute Gasteiger partial charge is 0.328 e. The number of aliphatic hydroxyl groups excluding tert-OH is 2. The summed E-state index contributed by atoms with van der Waals surface area (Å²) in [5.74, 6) is -2.51. The van der Waals surface area contributed by atoms with Gasteiger partial charge in [-0.15, -0.1) is 0 Å². The summed E-state index contributed by atoms with van der Waals surface area (Å²) >= 11 is 0. The number of carboxylic acids is 2. The predicted molar refractivity (Wildman–Crippen MR) is 142 cm³/mol. The van der Waals surface area contributed by atoms with E-state index in [0.29, 0.717) is 25.4 Å². The molecule has 0 radical (unpaired) electrons. The molecule has 0 aliphatic heterocycles. The van der Waals surface area contributed by atoms with Gasteiger partial charge in [-0.3, -0.25) is 0 Å². The summed E-state index contributed by atoms with van der Waals surface area (Å²) < 4.78 is 0. The Morgan fingerprint density at radius 2 is 0.647 bits per heavy atom. The number of aliphatic hydroxyl groups is 2. The van der Waals surface area contributed by atoms with E-state index in [1.807, 2.05) is 0 Å². The topological polar surface area (TPSA) is 115 Å². The summed E-state index contributed by atoms with van der Waals surface area (Å²) in [4.78, 5) is 19.1. The molecule has 0 amide bonds. The van der Waals surface area contributed by atoms with Gasteiger partial charge in [-0.2, -0.15) is 0 Å². The fourth-order valence-corrected chi connectivity index (χ4v) is 3.34. The quantitative estimate of drug-likeness (QED) is 0.0925. The molecule has 0 aliphatic rings. The van der Waals surface area contributed by atoms with Crippen LogP contribution in [0.4, 0.5) is 0 Å². The van der Waals surface area contributed by atoms with E-state index < -0.39 is 11.9 Å². The largest absolute Gasteiger partial charge is 0.478 e. The highest BCUT2D eigenvalue weighted by atomic mass is 16.4. The summed E-state index contributed by atoms with van der Waals surface area (Å²) in [5, 5.41) is 32.8. The summed E-state index contributed by atoms with van der Waals surface area (Å²) in [5.41, 5.74) is 0. The fraction of sp³-hybridized carbons (Fsp3) is 0.857. The van der Waals surface area contributed by atoms with E-state index in [4.69, 9.17) is 20.4 Å². The molecule has 0 fully saturated rings. The molecule has 0 bridgehead atoms. The van der Waals surface area contributed by atoms with Gasteiger partial charge >= 0.3 is 11.9 Å². The second-order valence-electron chi connectivity index (χ2n) is 8.82. The molecule has 0 aromatic carbocycles. The van der Waals surface area contributed by atoms with Gasteiger partial charge in [0.2, 0.25) is 0 Å². The van der Waals surface area contributed by atoms with E-state index >= 15 is 0 Å². The van der Waals surface area contributed by atoms with Crippen LogP contribution >= 0.6 is 0 Å². The first-order chi connectivity index (χ1) is 16.5. The van der Waals surface area contributed by atoms with Gasteiger partial charge in [0.05, 0.1) is 0 Å². The van der Waals surface area contributed by atoms with Crippen LogP contribution in [-0.4, -0.2) is 45.6 Å². The highest BCUT2D eigenvalue weighted by Crippen LogP contribution is 2.11. The minimum Gasteiger partial charge on any atom is -0.478 e. The van der Waals surface area contributed by atoms with Crippen LogP contribution in [0.3, 0.4) is 0 Å². The highest BCUT2D eigenvalue weighted by Gasteiger charge is 1.92. The van der Waals surface area contributed by atoms with Gasteiger partial charge < -0.3 is 20.4 Å². The van der Waals surface area contributed by atoms with E-state index in [9.17, 15) is 9.59 Å². The Morgan fingerprint density at radius 1 is 0.441 bits per heavy atom. The zero-order chi connectivity index (χ0) is 26.1. The Labute approximate surface area is 209 Å². The maximum absolute atomic E-state index is 9.55. The Kier molecular flexibility index (Phi) is 39.5. The van der Waals surface area contributed by atoms with Crippen LogP contribution in [0.5, 0.6) is 0 Å². The molecule has 6 nitrogen and oxygen atoms in total. The van der Waals surface area contributed by atoms with Crippen molar-refractivity contribution in [2.75, 3.05) is 13.2 Å². The lowest BCUT2D eigenvalue weighted by molar-refractivity contribution is -0.134. The van der Waals surface area contributed by atoms with Crippen molar-refractivity contribution in [3.05, 3.63) is 12.2 Å². The zero-order valence-electron chi connectivity index (χ0n) is 22.3. The van der Waals surface area contributed by atoms with E-state index in [2.05, 4.69) is 13.8 Å². The molecule has 0 unspecified atom stereocenters. The predicted octanol–water partition coefficient (Wildman–Crippen LogP) is 7.51. The number of hydrogen-bond acceptors (Lipinski definition) is 4. The Bertz CT molecular complexity index is 365. The molecule has 0 aromatic rings. The SMILES string of the molecule is CCCCCCCCCCCCO.CCCCCCCCCCCCO.O=C(O)/C=C\C(=O)O. The molecule has 0 spiro atoms. The van der Waals surface area contributed by atoms with Crippen molar-refractivity contribution in [2.24, 2.45) is 0 Å². The minimum atomic E-state index is -1.26. The molecule has 34 heavy (non-hydrogen) atoms. The molecule has 4 N–H and O–H groups in total. The maximum Gasteiger partial charge on any atom is 0.328 e. The average Bonchev–Trinajstić information content (AvgIpc) is 2.81. The van der Waals surface area contributed by atoms with Gasteiger partial charge in [-0.05, 0) is 12.8 Å². The summed E-state index contributed by atoms with van der Waals surface area (Å²) in [7, 11) is 0. The zero-order valence-corrected chi connectivity index (χ0v) is 22.3. The summed E-state index contributed by atoms with van der Waals surface area (Å²) in [6.07, 6.45) is 27.7.